The highest BCUT2D eigenvalue weighted by Crippen LogP contribution is 2.30. The Morgan fingerprint density at radius 2 is 1.93 bits per heavy atom. The zero-order valence-electron chi connectivity index (χ0n) is 14.4. The lowest BCUT2D eigenvalue weighted by Gasteiger charge is -2.18. The van der Waals surface area contributed by atoms with E-state index in [-0.39, 0.29) is 36.5 Å². The predicted octanol–water partition coefficient (Wildman–Crippen LogP) is 1.89. The summed E-state index contributed by atoms with van der Waals surface area (Å²) in [5, 5.41) is 33.8. The Labute approximate surface area is 155 Å². The van der Waals surface area contributed by atoms with Crippen molar-refractivity contribution < 1.29 is 24.7 Å². The number of benzene rings is 2. The van der Waals surface area contributed by atoms with Gasteiger partial charge in [-0.1, -0.05) is 30.3 Å². The number of carbonyl (C=O) groups excluding carboxylic acids is 1. The van der Waals surface area contributed by atoms with Crippen LogP contribution in [0.2, 0.25) is 0 Å². The Balaban J connectivity index is 1.83. The van der Waals surface area contributed by atoms with E-state index >= 15 is 0 Å². The van der Waals surface area contributed by atoms with Crippen molar-refractivity contribution in [3.05, 3.63) is 69.8 Å². The molecule has 0 aliphatic carbocycles. The standard InChI is InChI=1S/C18H21N3O6/c19-13-6-7-15(21(25)26)14(10-13)17(23)16(22)8-9-20-18(24)27-11-12-4-2-1-3-5-12/h1-7,10,16-17,22-23H,8-9,11,19H2,(H,20,24). The van der Waals surface area contributed by atoms with Gasteiger partial charge in [0.2, 0.25) is 0 Å². The van der Waals surface area contributed by atoms with Crippen LogP contribution in [0.5, 0.6) is 0 Å². The van der Waals surface area contributed by atoms with Gasteiger partial charge in [0.15, 0.2) is 0 Å². The van der Waals surface area contributed by atoms with Crippen LogP contribution in [-0.4, -0.2) is 33.9 Å². The van der Waals surface area contributed by atoms with Gasteiger partial charge in [-0.2, -0.15) is 0 Å². The molecular formula is C18H21N3O6. The summed E-state index contributed by atoms with van der Waals surface area (Å²) in [7, 11) is 0. The topological polar surface area (TPSA) is 148 Å². The maximum atomic E-state index is 11.6. The van der Waals surface area contributed by atoms with Crippen molar-refractivity contribution >= 4 is 17.5 Å². The van der Waals surface area contributed by atoms with Crippen LogP contribution in [0.15, 0.2) is 48.5 Å². The first-order valence-electron chi connectivity index (χ1n) is 8.23. The van der Waals surface area contributed by atoms with Crippen molar-refractivity contribution in [3.63, 3.8) is 0 Å². The summed E-state index contributed by atoms with van der Waals surface area (Å²) in [6.45, 7) is 0.120. The highest BCUT2D eigenvalue weighted by Gasteiger charge is 2.26. The van der Waals surface area contributed by atoms with Crippen molar-refractivity contribution in [2.45, 2.75) is 25.2 Å². The number of nitro groups is 1. The number of amides is 1. The minimum atomic E-state index is -1.52. The maximum Gasteiger partial charge on any atom is 0.407 e. The van der Waals surface area contributed by atoms with E-state index < -0.39 is 23.2 Å². The maximum absolute atomic E-state index is 11.6. The van der Waals surface area contributed by atoms with Gasteiger partial charge < -0.3 is 26.0 Å². The highest BCUT2D eigenvalue weighted by molar-refractivity contribution is 5.67. The number of rotatable bonds is 8. The lowest BCUT2D eigenvalue weighted by Crippen LogP contribution is -2.30. The number of anilines is 1. The van der Waals surface area contributed by atoms with Crippen molar-refractivity contribution in [1.82, 2.24) is 5.32 Å². The number of hydrogen-bond donors (Lipinski definition) is 4. The van der Waals surface area contributed by atoms with Crippen LogP contribution in [0.4, 0.5) is 16.2 Å². The molecule has 144 valence electrons. The summed E-state index contributed by atoms with van der Waals surface area (Å²) < 4.78 is 5.02. The number of nitrogens with zero attached hydrogens (tertiary/aromatic N) is 1. The molecule has 0 fully saturated rings. The van der Waals surface area contributed by atoms with Gasteiger partial charge in [0.1, 0.15) is 12.7 Å². The fourth-order valence-electron chi connectivity index (χ4n) is 2.44. The minimum absolute atomic E-state index is 0.0158. The average molecular weight is 375 g/mol. The second kappa shape index (κ2) is 9.51. The van der Waals surface area contributed by atoms with Gasteiger partial charge in [-0.05, 0) is 24.1 Å². The van der Waals surface area contributed by atoms with Crippen LogP contribution in [0.25, 0.3) is 0 Å². The largest absolute Gasteiger partial charge is 0.445 e. The number of hydrogen-bond acceptors (Lipinski definition) is 7. The smallest absolute Gasteiger partial charge is 0.407 e. The molecule has 2 atom stereocenters. The Hall–Kier alpha value is -3.17. The lowest BCUT2D eigenvalue weighted by molar-refractivity contribution is -0.386. The zero-order valence-corrected chi connectivity index (χ0v) is 14.4. The minimum Gasteiger partial charge on any atom is -0.445 e. The van der Waals surface area contributed by atoms with Crippen molar-refractivity contribution in [1.29, 1.82) is 0 Å². The van der Waals surface area contributed by atoms with Gasteiger partial charge in [0, 0.05) is 18.3 Å². The third-order valence-corrected chi connectivity index (χ3v) is 3.85. The Morgan fingerprint density at radius 1 is 1.22 bits per heavy atom. The second-order valence-electron chi connectivity index (χ2n) is 5.86. The lowest BCUT2D eigenvalue weighted by atomic mass is 10.00. The van der Waals surface area contributed by atoms with Crippen molar-refractivity contribution in [3.8, 4) is 0 Å². The number of aliphatic hydroxyl groups is 2. The zero-order chi connectivity index (χ0) is 19.8. The third kappa shape index (κ3) is 5.94. The Morgan fingerprint density at radius 3 is 2.59 bits per heavy atom. The van der Waals surface area contributed by atoms with E-state index in [1.54, 1.807) is 0 Å². The van der Waals surface area contributed by atoms with Crippen LogP contribution in [-0.2, 0) is 11.3 Å². The van der Waals surface area contributed by atoms with E-state index in [2.05, 4.69) is 5.32 Å². The number of nitrogens with one attached hydrogen (secondary N) is 1. The average Bonchev–Trinajstić information content (AvgIpc) is 2.66. The molecule has 0 radical (unpaired) electrons. The van der Waals surface area contributed by atoms with E-state index in [1.165, 1.54) is 18.2 Å². The van der Waals surface area contributed by atoms with Crippen molar-refractivity contribution in [2.24, 2.45) is 0 Å². The number of ether oxygens (including phenoxy) is 1. The quantitative estimate of drug-likeness (QED) is 0.313. The van der Waals surface area contributed by atoms with Gasteiger partial charge in [0.05, 0.1) is 16.6 Å². The molecule has 2 aromatic carbocycles. The van der Waals surface area contributed by atoms with Crippen LogP contribution in [0.1, 0.15) is 23.7 Å². The molecule has 9 heteroatoms. The fraction of sp³-hybridized carbons (Fsp3) is 0.278. The van der Waals surface area contributed by atoms with E-state index in [4.69, 9.17) is 10.5 Å². The van der Waals surface area contributed by atoms with E-state index in [9.17, 15) is 25.1 Å². The summed E-state index contributed by atoms with van der Waals surface area (Å²) in [6, 6.07) is 12.9. The molecule has 0 saturated heterocycles. The van der Waals surface area contributed by atoms with Crippen molar-refractivity contribution in [2.75, 3.05) is 12.3 Å². The van der Waals surface area contributed by atoms with E-state index in [0.717, 1.165) is 5.56 Å². The molecule has 0 bridgehead atoms. The van der Waals surface area contributed by atoms with Crippen LogP contribution in [0, 0.1) is 10.1 Å². The summed E-state index contributed by atoms with van der Waals surface area (Å²) in [5.41, 5.74) is 6.23. The number of nitrogen functional groups attached to an aromatic ring is 1. The van der Waals surface area contributed by atoms with Gasteiger partial charge in [-0.25, -0.2) is 4.79 Å². The second-order valence-corrected chi connectivity index (χ2v) is 5.86. The highest BCUT2D eigenvalue weighted by atomic mass is 16.6. The van der Waals surface area contributed by atoms with Gasteiger partial charge >= 0.3 is 6.09 Å². The molecule has 9 nitrogen and oxygen atoms in total. The number of nitro benzene ring substituents is 1. The fourth-order valence-corrected chi connectivity index (χ4v) is 2.44. The Kier molecular flexibility index (Phi) is 7.09. The molecule has 27 heavy (non-hydrogen) atoms. The first kappa shape index (κ1) is 20.1. The molecule has 0 aliphatic rings. The van der Waals surface area contributed by atoms with E-state index in [1.807, 2.05) is 30.3 Å². The molecule has 0 aromatic heterocycles. The van der Waals surface area contributed by atoms with Crippen LogP contribution >= 0.6 is 0 Å². The molecule has 2 rings (SSSR count). The molecule has 0 aliphatic heterocycles. The summed E-state index contributed by atoms with van der Waals surface area (Å²) in [4.78, 5) is 22.0. The third-order valence-electron chi connectivity index (χ3n) is 3.85. The number of nitrogens with two attached hydrogens (primary N) is 1. The van der Waals surface area contributed by atoms with Crippen LogP contribution < -0.4 is 11.1 Å². The number of alkyl carbamates (subject to hydrolysis) is 1. The van der Waals surface area contributed by atoms with Crippen LogP contribution in [0.3, 0.4) is 0 Å². The molecule has 0 saturated carbocycles. The summed E-state index contributed by atoms with van der Waals surface area (Å²) in [5.74, 6) is 0. The molecule has 5 N–H and O–H groups in total. The summed E-state index contributed by atoms with van der Waals surface area (Å²) in [6.07, 6.45) is -3.56. The first-order valence-corrected chi connectivity index (χ1v) is 8.23. The molecule has 1 amide bonds. The molecule has 0 heterocycles. The summed E-state index contributed by atoms with van der Waals surface area (Å²) >= 11 is 0. The molecule has 2 aromatic rings. The monoisotopic (exact) mass is 375 g/mol. The SMILES string of the molecule is Nc1ccc([N+](=O)[O-])c(C(O)C(O)CCNC(=O)OCc2ccccc2)c1. The molecular weight excluding hydrogens is 354 g/mol. The van der Waals surface area contributed by atoms with Gasteiger partial charge in [0.25, 0.3) is 5.69 Å². The number of aliphatic hydroxyl groups excluding tert-OH is 2. The normalized spacial score (nSPS) is 12.8. The predicted molar refractivity (Wildman–Crippen MR) is 97.7 cm³/mol. The van der Waals surface area contributed by atoms with Gasteiger partial charge in [-0.15, -0.1) is 0 Å². The molecule has 0 spiro atoms. The van der Waals surface area contributed by atoms with E-state index in [0.29, 0.717) is 0 Å². The van der Waals surface area contributed by atoms with Gasteiger partial charge in [-0.3, -0.25) is 10.1 Å². The Bertz CT molecular complexity index is 784. The molecule has 2 unspecified atom stereocenters. The number of carbonyl (C=O) groups is 1. The first-order chi connectivity index (χ1) is 12.9.